The second kappa shape index (κ2) is 56.5. The summed E-state index contributed by atoms with van der Waals surface area (Å²) in [5, 5.41) is 136. The van der Waals surface area contributed by atoms with Gasteiger partial charge in [0.05, 0.1) is 50.7 Å². The molecule has 0 aliphatic carbocycles. The number of aliphatic hydroxyl groups excluding tert-OH is 11. The number of carboxylic acid groups (broad SMARTS) is 1. The summed E-state index contributed by atoms with van der Waals surface area (Å²) >= 11 is 0. The lowest BCUT2D eigenvalue weighted by molar-refractivity contribution is -0.386. The van der Waals surface area contributed by atoms with Crippen molar-refractivity contribution in [1.29, 1.82) is 0 Å². The molecule has 586 valence electrons. The molecule has 23 heteroatoms. The SMILES string of the molecule is CCCCCCCCCCCCCC/C=C\CCCCCCCCCCC(=O)NC(COC1OC(CO)C(OC2OC(CO)C(O)C(OC3(C(=O)O)CC(O)C(NC(C)=O)C(C(O)C(O)CO)O3)C2O)C(O)C1O)C(O)/C=C/CCCCCCCCCCCCCCCCCCCCCC. The molecule has 3 aliphatic heterocycles. The number of allylic oxidation sites excluding steroid dienone is 3. The number of aliphatic carboxylic acids is 1. The number of carbonyl (C=O) groups excluding carboxylic acids is 2. The Morgan fingerprint density at radius 1 is 0.520 bits per heavy atom. The molecule has 2 amide bonds. The van der Waals surface area contributed by atoms with Crippen molar-refractivity contribution in [2.75, 3.05) is 26.4 Å². The molecule has 3 fully saturated rings. The summed E-state index contributed by atoms with van der Waals surface area (Å²) in [6.45, 7) is 2.18. The largest absolute Gasteiger partial charge is 0.477 e. The summed E-state index contributed by atoms with van der Waals surface area (Å²) < 4.78 is 34.9. The molecule has 23 nitrogen and oxygen atoms in total. The van der Waals surface area contributed by atoms with Crippen molar-refractivity contribution >= 4 is 17.8 Å². The Labute approximate surface area is 600 Å². The average Bonchev–Trinajstić information content (AvgIpc) is 0.764. The molecule has 0 bridgehead atoms. The fourth-order valence-electron chi connectivity index (χ4n) is 13.8. The molecular formula is C77H142N2O21. The molecule has 0 aromatic rings. The van der Waals surface area contributed by atoms with Gasteiger partial charge in [0.2, 0.25) is 11.8 Å². The standard InChI is InChI=1S/C77H142N2O21/c1-4-6-8-10-12-14-16-18-20-22-24-26-28-29-31-33-35-37-39-41-43-45-47-49-51-64(87)79-58(59(84)50-48-46-44-42-40-38-36-34-32-30-27-25-23-21-19-17-15-13-11-9-7-5-2)56-95-74-69(91)68(90)71(63(55-82)97-74)98-75-70(92)73(67(89)62(54-81)96-75)100-77(76(93)94)52-60(85)65(78-57(3)83)72(99-77)66(88)61(86)53-80/h29,31,48,50,58-63,65-75,80-82,84-86,88-92H,4-28,30,32-47,49,51-56H2,1-3H3,(H,78,83)(H,79,87)(H,93,94)/b31-29-,50-48+. The Balaban J connectivity index is 1.54. The maximum absolute atomic E-state index is 13.5. The summed E-state index contributed by atoms with van der Waals surface area (Å²) in [5.41, 5.74) is 0. The van der Waals surface area contributed by atoms with Gasteiger partial charge in [0.1, 0.15) is 67.1 Å². The van der Waals surface area contributed by atoms with Crippen LogP contribution in [-0.4, -0.2) is 215 Å². The van der Waals surface area contributed by atoms with E-state index in [1.54, 1.807) is 6.08 Å². The number of hydrogen-bond donors (Lipinski definition) is 14. The van der Waals surface area contributed by atoms with Crippen LogP contribution in [0.1, 0.15) is 310 Å². The Bertz CT molecular complexity index is 2100. The third-order valence-electron chi connectivity index (χ3n) is 20.1. The Morgan fingerprint density at radius 3 is 1.36 bits per heavy atom. The minimum absolute atomic E-state index is 0.198. The average molecular weight is 1430 g/mol. The first-order valence-electron chi connectivity index (χ1n) is 39.7. The van der Waals surface area contributed by atoms with Crippen LogP contribution in [0.25, 0.3) is 0 Å². The van der Waals surface area contributed by atoms with E-state index in [1.165, 1.54) is 212 Å². The molecule has 0 radical (unpaired) electrons. The van der Waals surface area contributed by atoms with E-state index in [1.807, 2.05) is 6.08 Å². The predicted octanol–water partition coefficient (Wildman–Crippen LogP) is 9.96. The number of nitrogens with one attached hydrogen (secondary N) is 2. The van der Waals surface area contributed by atoms with E-state index in [-0.39, 0.29) is 12.3 Å². The number of aliphatic hydroxyl groups is 11. The molecule has 100 heavy (non-hydrogen) atoms. The number of hydrogen-bond acceptors (Lipinski definition) is 20. The van der Waals surface area contributed by atoms with E-state index in [0.29, 0.717) is 12.8 Å². The first-order valence-corrected chi connectivity index (χ1v) is 39.7. The van der Waals surface area contributed by atoms with Gasteiger partial charge in [0.15, 0.2) is 12.6 Å². The lowest BCUT2D eigenvalue weighted by Crippen LogP contribution is -2.70. The molecule has 0 saturated carbocycles. The van der Waals surface area contributed by atoms with Crippen LogP contribution in [-0.2, 0) is 42.8 Å². The number of carboxylic acids is 1. The molecule has 3 aliphatic rings. The van der Waals surface area contributed by atoms with Gasteiger partial charge in [-0.25, -0.2) is 4.79 Å². The molecule has 0 spiro atoms. The minimum Gasteiger partial charge on any atom is -0.477 e. The fraction of sp³-hybridized carbons (Fsp3) is 0.909. The number of unbranched alkanes of at least 4 members (excludes halogenated alkanes) is 40. The highest BCUT2D eigenvalue weighted by atomic mass is 16.8. The normalized spacial score (nSPS) is 27.0. The quantitative estimate of drug-likeness (QED) is 0.0199. The monoisotopic (exact) mass is 1430 g/mol. The van der Waals surface area contributed by atoms with Crippen molar-refractivity contribution in [2.45, 2.75) is 420 Å². The van der Waals surface area contributed by atoms with Gasteiger partial charge < -0.3 is 100 Å². The number of ether oxygens (including phenoxy) is 6. The second-order valence-electron chi connectivity index (χ2n) is 28.9. The maximum atomic E-state index is 13.5. The van der Waals surface area contributed by atoms with E-state index in [4.69, 9.17) is 28.4 Å². The molecule has 14 N–H and O–H groups in total. The van der Waals surface area contributed by atoms with Crippen LogP contribution in [0.15, 0.2) is 24.3 Å². The summed E-state index contributed by atoms with van der Waals surface area (Å²) in [5.74, 6) is -6.14. The zero-order chi connectivity index (χ0) is 73.2. The number of carbonyl (C=O) groups is 3. The molecule has 18 unspecified atom stereocenters. The lowest BCUT2D eigenvalue weighted by atomic mass is 9.88. The molecule has 18 atom stereocenters. The second-order valence-corrected chi connectivity index (χ2v) is 28.9. The molecule has 3 heterocycles. The van der Waals surface area contributed by atoms with E-state index >= 15 is 0 Å². The van der Waals surface area contributed by atoms with Gasteiger partial charge in [0.25, 0.3) is 5.79 Å². The zero-order valence-corrected chi connectivity index (χ0v) is 61.8. The first-order chi connectivity index (χ1) is 48.4. The summed E-state index contributed by atoms with van der Waals surface area (Å²) in [7, 11) is 0. The van der Waals surface area contributed by atoms with Crippen molar-refractivity contribution in [3.05, 3.63) is 24.3 Å². The van der Waals surface area contributed by atoms with E-state index in [2.05, 4.69) is 36.6 Å². The van der Waals surface area contributed by atoms with Gasteiger partial charge in [-0.3, -0.25) is 9.59 Å². The van der Waals surface area contributed by atoms with Crippen LogP contribution >= 0.6 is 0 Å². The molecule has 0 aromatic carbocycles. The van der Waals surface area contributed by atoms with Crippen molar-refractivity contribution in [3.8, 4) is 0 Å². The van der Waals surface area contributed by atoms with Crippen LogP contribution in [0, 0.1) is 0 Å². The third-order valence-corrected chi connectivity index (χ3v) is 20.1. The van der Waals surface area contributed by atoms with Gasteiger partial charge >= 0.3 is 5.97 Å². The fourth-order valence-corrected chi connectivity index (χ4v) is 13.8. The van der Waals surface area contributed by atoms with Crippen molar-refractivity contribution < 1.29 is 104 Å². The summed E-state index contributed by atoms with van der Waals surface area (Å²) in [6.07, 6.45) is 32.1. The Hall–Kier alpha value is -2.79. The highest BCUT2D eigenvalue weighted by Gasteiger charge is 2.60. The van der Waals surface area contributed by atoms with Crippen LogP contribution < -0.4 is 10.6 Å². The van der Waals surface area contributed by atoms with E-state index in [9.17, 15) is 75.7 Å². The predicted molar refractivity (Wildman–Crippen MR) is 385 cm³/mol. The third kappa shape index (κ3) is 37.0. The van der Waals surface area contributed by atoms with Gasteiger partial charge in [0, 0.05) is 19.8 Å². The van der Waals surface area contributed by atoms with E-state index < -0.39 is 155 Å². The van der Waals surface area contributed by atoms with E-state index in [0.717, 1.165) is 58.3 Å². The van der Waals surface area contributed by atoms with Crippen molar-refractivity contribution in [2.24, 2.45) is 0 Å². The summed E-state index contributed by atoms with van der Waals surface area (Å²) in [4.78, 5) is 38.7. The van der Waals surface area contributed by atoms with Gasteiger partial charge in [-0.1, -0.05) is 269 Å². The highest BCUT2D eigenvalue weighted by molar-refractivity contribution is 5.77. The zero-order valence-electron chi connectivity index (χ0n) is 61.8. The van der Waals surface area contributed by atoms with Crippen LogP contribution in [0.3, 0.4) is 0 Å². The number of rotatable bonds is 62. The molecule has 0 aromatic heterocycles. The smallest absolute Gasteiger partial charge is 0.364 e. The Morgan fingerprint density at radius 2 is 0.940 bits per heavy atom. The Kier molecular flexibility index (Phi) is 51.7. The summed E-state index contributed by atoms with van der Waals surface area (Å²) in [6, 6.07) is -2.62. The van der Waals surface area contributed by atoms with Crippen LogP contribution in [0.5, 0.6) is 0 Å². The van der Waals surface area contributed by atoms with Gasteiger partial charge in [-0.2, -0.15) is 0 Å². The maximum Gasteiger partial charge on any atom is 0.364 e. The van der Waals surface area contributed by atoms with Crippen LogP contribution in [0.4, 0.5) is 0 Å². The van der Waals surface area contributed by atoms with Gasteiger partial charge in [-0.05, 0) is 44.9 Å². The van der Waals surface area contributed by atoms with Gasteiger partial charge in [-0.15, -0.1) is 0 Å². The topological polar surface area (TPSA) is 373 Å². The highest BCUT2D eigenvalue weighted by Crippen LogP contribution is 2.39. The lowest BCUT2D eigenvalue weighted by Gasteiger charge is -2.50. The van der Waals surface area contributed by atoms with Crippen molar-refractivity contribution in [3.63, 3.8) is 0 Å². The number of amides is 2. The minimum atomic E-state index is -3.08. The van der Waals surface area contributed by atoms with Crippen molar-refractivity contribution in [1.82, 2.24) is 10.6 Å². The molecule has 3 rings (SSSR count). The van der Waals surface area contributed by atoms with Crippen LogP contribution in [0.2, 0.25) is 0 Å². The molecular weight excluding hydrogens is 1290 g/mol. The molecule has 3 saturated heterocycles. The first kappa shape index (κ1) is 91.4.